The van der Waals surface area contributed by atoms with Crippen LogP contribution in [0.5, 0.6) is 5.75 Å². The van der Waals surface area contributed by atoms with Gasteiger partial charge < -0.3 is 19.7 Å². The van der Waals surface area contributed by atoms with E-state index < -0.39 is 12.0 Å². The standard InChI is InChI=1S/C22H25N3O4S/c1-4-29-21(27)19-13(2)23-22-25(20(19)14-5-9-17(28-3)10-6-14)16(12-30-22)11-18(26)24-15-7-8-15/h5-6,9-10,12,15,20H,4,7-8,11H2,1-3H3,(H,24,26)/t20-/m0/s1. The van der Waals surface area contributed by atoms with Crippen LogP contribution < -0.4 is 10.1 Å². The number of nitrogens with zero attached hydrogens (tertiary/aromatic N) is 2. The second-order valence-electron chi connectivity index (χ2n) is 7.41. The zero-order valence-electron chi connectivity index (χ0n) is 17.3. The van der Waals surface area contributed by atoms with Gasteiger partial charge in [-0.25, -0.2) is 9.79 Å². The quantitative estimate of drug-likeness (QED) is 0.671. The highest BCUT2D eigenvalue weighted by Gasteiger charge is 2.41. The van der Waals surface area contributed by atoms with Crippen molar-refractivity contribution in [2.45, 2.75) is 45.2 Å². The number of allylic oxidation sites excluding steroid dienone is 1. The number of hydrogen-bond donors (Lipinski definition) is 1. The fraction of sp³-hybridized carbons (Fsp3) is 0.409. The molecule has 158 valence electrons. The highest BCUT2D eigenvalue weighted by atomic mass is 32.2. The number of nitrogens with one attached hydrogen (secondary N) is 1. The fourth-order valence-corrected chi connectivity index (χ4v) is 4.58. The Bertz CT molecular complexity index is 948. The third-order valence-electron chi connectivity index (χ3n) is 5.21. The van der Waals surface area contributed by atoms with E-state index in [0.29, 0.717) is 17.3 Å². The van der Waals surface area contributed by atoms with Crippen molar-refractivity contribution in [3.63, 3.8) is 0 Å². The van der Waals surface area contributed by atoms with Crippen molar-refractivity contribution >= 4 is 28.8 Å². The summed E-state index contributed by atoms with van der Waals surface area (Å²) in [5.41, 5.74) is 2.85. The van der Waals surface area contributed by atoms with Gasteiger partial charge in [-0.05, 0) is 49.8 Å². The number of carbonyl (C=O) groups excluding carboxylic acids is 2. The predicted octanol–water partition coefficient (Wildman–Crippen LogP) is 3.50. The molecule has 4 rings (SSSR count). The van der Waals surface area contributed by atoms with Gasteiger partial charge >= 0.3 is 5.97 Å². The maximum atomic E-state index is 12.9. The van der Waals surface area contributed by atoms with Crippen LogP contribution in [0.25, 0.3) is 0 Å². The molecule has 1 fully saturated rings. The maximum absolute atomic E-state index is 12.9. The fourth-order valence-electron chi connectivity index (χ4n) is 3.61. The smallest absolute Gasteiger partial charge is 0.338 e. The van der Waals surface area contributed by atoms with Crippen molar-refractivity contribution in [2.24, 2.45) is 4.99 Å². The molecule has 2 heterocycles. The molecule has 2 aliphatic heterocycles. The number of amidine groups is 1. The lowest BCUT2D eigenvalue weighted by molar-refractivity contribution is -0.139. The van der Waals surface area contributed by atoms with Crippen LogP contribution in [0.15, 0.2) is 51.6 Å². The van der Waals surface area contributed by atoms with Crippen LogP contribution in [-0.4, -0.2) is 41.7 Å². The van der Waals surface area contributed by atoms with Crippen LogP contribution in [0.4, 0.5) is 0 Å². The Morgan fingerprint density at radius 1 is 1.27 bits per heavy atom. The molecule has 0 unspecified atom stereocenters. The average Bonchev–Trinajstić information content (AvgIpc) is 3.46. The lowest BCUT2D eigenvalue weighted by Gasteiger charge is -2.36. The highest BCUT2D eigenvalue weighted by molar-refractivity contribution is 8.16. The molecule has 0 saturated heterocycles. The molecule has 1 atom stereocenters. The average molecular weight is 428 g/mol. The number of amides is 1. The van der Waals surface area contributed by atoms with E-state index >= 15 is 0 Å². The highest BCUT2D eigenvalue weighted by Crippen LogP contribution is 2.45. The number of methoxy groups -OCH3 is 1. The Hall–Kier alpha value is -2.74. The summed E-state index contributed by atoms with van der Waals surface area (Å²) in [6.07, 6.45) is 2.32. The normalized spacial score (nSPS) is 20.4. The number of aliphatic imine (C=N–C) groups is 1. The second kappa shape index (κ2) is 8.55. The van der Waals surface area contributed by atoms with Crippen molar-refractivity contribution in [1.29, 1.82) is 0 Å². The summed E-state index contributed by atoms with van der Waals surface area (Å²) in [4.78, 5) is 32.0. The van der Waals surface area contributed by atoms with Crippen LogP contribution in [-0.2, 0) is 14.3 Å². The summed E-state index contributed by atoms with van der Waals surface area (Å²) in [7, 11) is 1.62. The molecule has 1 aromatic rings. The summed E-state index contributed by atoms with van der Waals surface area (Å²) in [6.45, 7) is 3.89. The first-order chi connectivity index (χ1) is 14.5. The van der Waals surface area contributed by atoms with Crippen molar-refractivity contribution < 1.29 is 19.1 Å². The molecular formula is C22H25N3O4S. The molecule has 1 aliphatic carbocycles. The summed E-state index contributed by atoms with van der Waals surface area (Å²) < 4.78 is 10.6. The summed E-state index contributed by atoms with van der Waals surface area (Å²) >= 11 is 1.47. The van der Waals surface area contributed by atoms with Crippen LogP contribution in [0, 0.1) is 0 Å². The largest absolute Gasteiger partial charge is 0.497 e. The van der Waals surface area contributed by atoms with Crippen molar-refractivity contribution in [2.75, 3.05) is 13.7 Å². The third kappa shape index (κ3) is 4.09. The van der Waals surface area contributed by atoms with Crippen LogP contribution in [0.1, 0.15) is 44.7 Å². The lowest BCUT2D eigenvalue weighted by atomic mass is 9.93. The van der Waals surface area contributed by atoms with Gasteiger partial charge in [0.25, 0.3) is 0 Å². The Labute approximate surface area is 180 Å². The first kappa shape index (κ1) is 20.5. The molecule has 3 aliphatic rings. The molecule has 1 aromatic carbocycles. The van der Waals surface area contributed by atoms with Crippen LogP contribution >= 0.6 is 11.8 Å². The Kier molecular flexibility index (Phi) is 5.85. The van der Waals surface area contributed by atoms with Crippen molar-refractivity contribution in [3.8, 4) is 5.75 Å². The second-order valence-corrected chi connectivity index (χ2v) is 8.24. The van der Waals surface area contributed by atoms with Gasteiger partial charge in [0, 0.05) is 11.7 Å². The number of thioether (sulfide) groups is 1. The van der Waals surface area contributed by atoms with Crippen LogP contribution in [0.3, 0.4) is 0 Å². The number of rotatable bonds is 7. The Morgan fingerprint density at radius 2 is 2.00 bits per heavy atom. The van der Waals surface area contributed by atoms with Crippen molar-refractivity contribution in [3.05, 3.63) is 52.2 Å². The van der Waals surface area contributed by atoms with E-state index in [2.05, 4.69) is 10.3 Å². The molecule has 0 radical (unpaired) electrons. The van der Waals surface area contributed by atoms with Gasteiger partial charge in [-0.2, -0.15) is 0 Å². The van der Waals surface area contributed by atoms with Gasteiger partial charge in [-0.15, -0.1) is 0 Å². The van der Waals surface area contributed by atoms with E-state index in [-0.39, 0.29) is 18.9 Å². The number of esters is 1. The van der Waals surface area contributed by atoms with Gasteiger partial charge in [0.15, 0.2) is 5.17 Å². The van der Waals surface area contributed by atoms with E-state index in [1.807, 2.05) is 41.5 Å². The van der Waals surface area contributed by atoms with E-state index in [9.17, 15) is 9.59 Å². The van der Waals surface area contributed by atoms with Gasteiger partial charge in [0.1, 0.15) is 5.75 Å². The van der Waals surface area contributed by atoms with Crippen molar-refractivity contribution in [1.82, 2.24) is 10.2 Å². The maximum Gasteiger partial charge on any atom is 0.338 e. The summed E-state index contributed by atoms with van der Waals surface area (Å²) in [6, 6.07) is 7.48. The molecule has 0 bridgehead atoms. The van der Waals surface area contributed by atoms with Gasteiger partial charge in [-0.1, -0.05) is 23.9 Å². The minimum absolute atomic E-state index is 0.0111. The Balaban J connectivity index is 1.70. The Morgan fingerprint density at radius 3 is 2.63 bits per heavy atom. The molecule has 1 saturated carbocycles. The number of ether oxygens (including phenoxy) is 2. The minimum Gasteiger partial charge on any atom is -0.497 e. The minimum atomic E-state index is -0.419. The number of benzene rings is 1. The SMILES string of the molecule is CCOC(=O)C1=C(C)N=C2SC=C(CC(=O)NC3CC3)N2[C@H]1c1ccc(OC)cc1. The van der Waals surface area contributed by atoms with Crippen LogP contribution in [0.2, 0.25) is 0 Å². The predicted molar refractivity (Wildman–Crippen MR) is 116 cm³/mol. The molecule has 0 aromatic heterocycles. The topological polar surface area (TPSA) is 80.2 Å². The van der Waals surface area contributed by atoms with E-state index in [1.165, 1.54) is 11.8 Å². The molecule has 1 amide bonds. The molecular weight excluding hydrogens is 402 g/mol. The van der Waals surface area contributed by atoms with E-state index in [0.717, 1.165) is 35.0 Å². The monoisotopic (exact) mass is 427 g/mol. The zero-order valence-corrected chi connectivity index (χ0v) is 18.1. The molecule has 8 heteroatoms. The van der Waals surface area contributed by atoms with Gasteiger partial charge in [0.2, 0.25) is 5.91 Å². The summed E-state index contributed by atoms with van der Waals surface area (Å²) in [5.74, 6) is 0.331. The van der Waals surface area contributed by atoms with Gasteiger partial charge in [-0.3, -0.25) is 4.79 Å². The van der Waals surface area contributed by atoms with Gasteiger partial charge in [0.05, 0.1) is 37.4 Å². The molecule has 7 nitrogen and oxygen atoms in total. The first-order valence-corrected chi connectivity index (χ1v) is 10.9. The molecule has 1 N–H and O–H groups in total. The lowest BCUT2D eigenvalue weighted by Crippen LogP contribution is -2.38. The van der Waals surface area contributed by atoms with E-state index in [1.54, 1.807) is 14.0 Å². The number of carbonyl (C=O) groups is 2. The molecule has 30 heavy (non-hydrogen) atoms. The zero-order chi connectivity index (χ0) is 21.3. The number of fused-ring (bicyclic) bond motifs is 1. The molecule has 0 spiro atoms. The number of hydrogen-bond acceptors (Lipinski definition) is 7. The first-order valence-electron chi connectivity index (χ1n) is 10.1. The third-order valence-corrected chi connectivity index (χ3v) is 6.10. The summed E-state index contributed by atoms with van der Waals surface area (Å²) in [5, 5.41) is 5.74. The van der Waals surface area contributed by atoms with E-state index in [4.69, 9.17) is 9.47 Å².